The van der Waals surface area contributed by atoms with Crippen LogP contribution in [0, 0.1) is 0 Å². The molecule has 1 aliphatic heterocycles. The second kappa shape index (κ2) is 4.95. The highest BCUT2D eigenvalue weighted by Gasteiger charge is 2.61. The summed E-state index contributed by atoms with van der Waals surface area (Å²) in [6, 6.07) is 0. The lowest BCUT2D eigenvalue weighted by Crippen LogP contribution is -2.63. The molecular formula is C15H28O2Si. The van der Waals surface area contributed by atoms with E-state index in [0.717, 1.165) is 6.42 Å². The van der Waals surface area contributed by atoms with Crippen molar-refractivity contribution < 1.29 is 8.85 Å². The van der Waals surface area contributed by atoms with Gasteiger partial charge in [-0.25, -0.2) is 0 Å². The zero-order valence-corrected chi connectivity index (χ0v) is 13.7. The molecule has 0 N–H and O–H groups in total. The third-order valence-corrected chi connectivity index (χ3v) is 8.82. The summed E-state index contributed by atoms with van der Waals surface area (Å²) < 4.78 is 12.9. The Bertz CT molecular complexity index is 290. The van der Waals surface area contributed by atoms with Gasteiger partial charge in [0.05, 0.1) is 12.2 Å². The van der Waals surface area contributed by atoms with E-state index < -0.39 is 8.56 Å². The van der Waals surface area contributed by atoms with Gasteiger partial charge in [0, 0.05) is 16.5 Å². The van der Waals surface area contributed by atoms with Crippen molar-refractivity contribution in [3.63, 3.8) is 0 Å². The molecule has 1 saturated heterocycles. The van der Waals surface area contributed by atoms with E-state index in [-0.39, 0.29) is 22.3 Å². The van der Waals surface area contributed by atoms with Gasteiger partial charge < -0.3 is 8.85 Å². The van der Waals surface area contributed by atoms with E-state index in [1.165, 1.54) is 0 Å². The van der Waals surface area contributed by atoms with Gasteiger partial charge in [0.1, 0.15) is 0 Å². The molecule has 2 atom stereocenters. The molecule has 0 aliphatic carbocycles. The van der Waals surface area contributed by atoms with E-state index in [1.54, 1.807) is 0 Å². The largest absolute Gasteiger partial charge is 0.387 e. The molecule has 2 nitrogen and oxygen atoms in total. The molecule has 0 spiro atoms. The minimum atomic E-state index is -2.40. The number of hydrogen-bond donors (Lipinski definition) is 0. The fourth-order valence-electron chi connectivity index (χ4n) is 2.90. The van der Waals surface area contributed by atoms with Crippen molar-refractivity contribution in [2.75, 3.05) is 0 Å². The van der Waals surface area contributed by atoms with E-state index in [0.29, 0.717) is 0 Å². The Morgan fingerprint density at radius 3 is 1.44 bits per heavy atom. The molecule has 0 saturated carbocycles. The van der Waals surface area contributed by atoms with Gasteiger partial charge in [0.2, 0.25) is 0 Å². The van der Waals surface area contributed by atoms with Crippen LogP contribution in [0.4, 0.5) is 0 Å². The van der Waals surface area contributed by atoms with E-state index >= 15 is 0 Å². The summed E-state index contributed by atoms with van der Waals surface area (Å²) in [5, 5.41) is 0.0163. The highest BCUT2D eigenvalue weighted by molar-refractivity contribution is 6.73. The van der Waals surface area contributed by atoms with E-state index in [2.05, 4.69) is 54.7 Å². The van der Waals surface area contributed by atoms with Crippen LogP contribution < -0.4 is 0 Å². The van der Waals surface area contributed by atoms with Crippen molar-refractivity contribution in [1.82, 2.24) is 0 Å². The van der Waals surface area contributed by atoms with Gasteiger partial charge in [0.15, 0.2) is 0 Å². The average molecular weight is 268 g/mol. The molecule has 1 rings (SSSR count). The molecule has 18 heavy (non-hydrogen) atoms. The van der Waals surface area contributed by atoms with Crippen molar-refractivity contribution in [3.8, 4) is 0 Å². The maximum absolute atomic E-state index is 6.44. The molecule has 0 amide bonds. The predicted molar refractivity (Wildman–Crippen MR) is 79.9 cm³/mol. The Morgan fingerprint density at radius 2 is 1.22 bits per heavy atom. The SMILES string of the molecule is C=C[C@@H]1C[C@H](C=C)O[Si](C(C)(C)C)(C(C)(C)C)O1. The molecule has 0 aromatic carbocycles. The quantitative estimate of drug-likeness (QED) is 0.539. The van der Waals surface area contributed by atoms with Gasteiger partial charge in [-0.3, -0.25) is 0 Å². The summed E-state index contributed by atoms with van der Waals surface area (Å²) in [4.78, 5) is 0. The lowest BCUT2D eigenvalue weighted by atomic mass is 10.1. The molecule has 1 fully saturated rings. The van der Waals surface area contributed by atoms with Crippen molar-refractivity contribution >= 4 is 8.56 Å². The van der Waals surface area contributed by atoms with Crippen LogP contribution in [-0.4, -0.2) is 20.8 Å². The lowest BCUT2D eigenvalue weighted by molar-refractivity contribution is 0.0128. The van der Waals surface area contributed by atoms with E-state index in [1.807, 2.05) is 12.2 Å². The van der Waals surface area contributed by atoms with Gasteiger partial charge >= 0.3 is 8.56 Å². The fraction of sp³-hybridized carbons (Fsp3) is 0.733. The minimum absolute atomic E-state index is 0.00813. The van der Waals surface area contributed by atoms with Crippen molar-refractivity contribution in [3.05, 3.63) is 25.3 Å². The third-order valence-electron chi connectivity index (χ3n) is 3.60. The molecule has 3 heteroatoms. The summed E-state index contributed by atoms with van der Waals surface area (Å²) in [5.74, 6) is 0. The zero-order chi connectivity index (χ0) is 14.2. The van der Waals surface area contributed by atoms with Gasteiger partial charge in [-0.2, -0.15) is 0 Å². The summed E-state index contributed by atoms with van der Waals surface area (Å²) in [6.45, 7) is 21.1. The van der Waals surface area contributed by atoms with Crippen molar-refractivity contribution in [2.45, 2.75) is 70.2 Å². The first-order valence-corrected chi connectivity index (χ1v) is 8.50. The summed E-state index contributed by atoms with van der Waals surface area (Å²) in [7, 11) is -2.40. The lowest BCUT2D eigenvalue weighted by Gasteiger charge is -2.54. The van der Waals surface area contributed by atoms with Gasteiger partial charge in [0.25, 0.3) is 0 Å². The van der Waals surface area contributed by atoms with Gasteiger partial charge in [-0.05, 0) is 0 Å². The Labute approximate surface area is 113 Å². The first-order valence-electron chi connectivity index (χ1n) is 6.68. The Morgan fingerprint density at radius 1 is 0.889 bits per heavy atom. The predicted octanol–water partition coefficient (Wildman–Crippen LogP) is 4.57. The highest BCUT2D eigenvalue weighted by atomic mass is 28.4. The third kappa shape index (κ3) is 2.63. The van der Waals surface area contributed by atoms with Crippen LogP contribution in [0.3, 0.4) is 0 Å². The van der Waals surface area contributed by atoms with Crippen LogP contribution in [0.2, 0.25) is 10.1 Å². The summed E-state index contributed by atoms with van der Waals surface area (Å²) in [6.07, 6.45) is 4.78. The Hall–Kier alpha value is -0.383. The van der Waals surface area contributed by atoms with Crippen LogP contribution in [0.5, 0.6) is 0 Å². The fourth-order valence-corrected chi connectivity index (χ4v) is 7.86. The summed E-state index contributed by atoms with van der Waals surface area (Å²) >= 11 is 0. The molecule has 0 unspecified atom stereocenters. The molecule has 0 aromatic heterocycles. The number of rotatable bonds is 2. The van der Waals surface area contributed by atoms with Crippen LogP contribution in [0.15, 0.2) is 25.3 Å². The standard InChI is InChI=1S/C15H28O2Si/c1-9-12-11-13(10-2)17-18(16-12,14(3,4)5)15(6,7)8/h9-10,12-13H,1-2,11H2,3-8H3/t12-,13+. The zero-order valence-electron chi connectivity index (χ0n) is 12.7. The molecule has 1 aliphatic rings. The Balaban J connectivity index is 3.25. The molecule has 0 bridgehead atoms. The van der Waals surface area contributed by atoms with Crippen LogP contribution in [0.25, 0.3) is 0 Å². The second-order valence-electron chi connectivity index (χ2n) is 7.14. The van der Waals surface area contributed by atoms with Crippen molar-refractivity contribution in [2.24, 2.45) is 0 Å². The molecule has 0 aromatic rings. The van der Waals surface area contributed by atoms with Gasteiger partial charge in [-0.15, -0.1) is 13.2 Å². The first-order chi connectivity index (χ1) is 8.07. The molecule has 1 heterocycles. The minimum Gasteiger partial charge on any atom is -0.387 e. The number of hydrogen-bond acceptors (Lipinski definition) is 2. The Kier molecular flexibility index (Phi) is 4.31. The maximum Gasteiger partial charge on any atom is 0.350 e. The maximum atomic E-state index is 6.44. The monoisotopic (exact) mass is 268 g/mol. The van der Waals surface area contributed by atoms with Crippen LogP contribution >= 0.6 is 0 Å². The van der Waals surface area contributed by atoms with Gasteiger partial charge in [-0.1, -0.05) is 53.7 Å². The van der Waals surface area contributed by atoms with Crippen LogP contribution in [-0.2, 0) is 8.85 Å². The smallest absolute Gasteiger partial charge is 0.350 e. The first kappa shape index (κ1) is 15.7. The van der Waals surface area contributed by atoms with E-state index in [9.17, 15) is 0 Å². The summed E-state index contributed by atoms with van der Waals surface area (Å²) in [5.41, 5.74) is 0. The molecule has 104 valence electrons. The highest BCUT2D eigenvalue weighted by Crippen LogP contribution is 2.55. The molecule has 0 radical (unpaired) electrons. The van der Waals surface area contributed by atoms with Crippen molar-refractivity contribution in [1.29, 1.82) is 0 Å². The topological polar surface area (TPSA) is 18.5 Å². The average Bonchev–Trinajstić information content (AvgIpc) is 2.25. The molecular weight excluding hydrogens is 240 g/mol. The van der Waals surface area contributed by atoms with Crippen LogP contribution in [0.1, 0.15) is 48.0 Å². The van der Waals surface area contributed by atoms with E-state index in [4.69, 9.17) is 8.85 Å². The second-order valence-corrected chi connectivity index (χ2v) is 11.8. The normalized spacial score (nSPS) is 28.8.